The minimum Gasteiger partial charge on any atom is -0.497 e. The Morgan fingerprint density at radius 2 is 1.68 bits per heavy atom. The quantitative estimate of drug-likeness (QED) is 0.271. The van der Waals surface area contributed by atoms with Crippen molar-refractivity contribution in [2.75, 3.05) is 7.11 Å². The van der Waals surface area contributed by atoms with E-state index in [0.29, 0.717) is 33.5 Å². The SMILES string of the molecule is COc1ccc2c(c1)c(C=C1C(=O)NC(=S)NC1=O)c(C)n2C(=O)c1cccc2ccccc12. The average molecular weight is 470 g/mol. The first-order chi connectivity index (χ1) is 16.4. The molecule has 2 N–H and O–H groups in total. The standard InChI is InChI=1S/C26H19N3O4S/c1-14-19(13-21-23(30)27-26(34)28-24(21)31)20-12-16(33-2)10-11-22(20)29(14)25(32)18-9-5-7-15-6-3-4-8-17(15)18/h3-13H,1-2H3,(H2,27,28,30,31,34). The molecule has 0 bridgehead atoms. The first kappa shape index (κ1) is 21.5. The van der Waals surface area contributed by atoms with Crippen LogP contribution in [0.1, 0.15) is 21.6 Å². The number of nitrogens with one attached hydrogen (secondary N) is 2. The van der Waals surface area contributed by atoms with Crippen LogP contribution in [0, 0.1) is 6.92 Å². The third-order valence-electron chi connectivity index (χ3n) is 5.92. The monoisotopic (exact) mass is 469 g/mol. The highest BCUT2D eigenvalue weighted by Crippen LogP contribution is 2.33. The molecule has 2 amide bonds. The molecule has 1 fully saturated rings. The van der Waals surface area contributed by atoms with Gasteiger partial charge in [-0.3, -0.25) is 29.6 Å². The minimum atomic E-state index is -0.600. The fourth-order valence-corrected chi connectivity index (χ4v) is 4.46. The van der Waals surface area contributed by atoms with Crippen LogP contribution < -0.4 is 15.4 Å². The van der Waals surface area contributed by atoms with E-state index in [1.807, 2.05) is 36.4 Å². The molecule has 3 aromatic carbocycles. The number of amides is 2. The number of fused-ring (bicyclic) bond motifs is 2. The molecule has 7 nitrogen and oxygen atoms in total. The van der Waals surface area contributed by atoms with Crippen LogP contribution in [0.4, 0.5) is 0 Å². The number of thiocarbonyl (C=S) groups is 1. The molecule has 8 heteroatoms. The number of hydrogen-bond acceptors (Lipinski definition) is 5. The van der Waals surface area contributed by atoms with Crippen molar-refractivity contribution in [3.05, 3.63) is 83.1 Å². The Labute approximate surface area is 200 Å². The van der Waals surface area contributed by atoms with Gasteiger partial charge in [-0.2, -0.15) is 0 Å². The summed E-state index contributed by atoms with van der Waals surface area (Å²) in [5, 5.41) is 7.30. The second-order valence-electron chi connectivity index (χ2n) is 7.84. The van der Waals surface area contributed by atoms with Crippen LogP contribution in [0.5, 0.6) is 5.75 Å². The van der Waals surface area contributed by atoms with Crippen molar-refractivity contribution in [2.45, 2.75) is 6.92 Å². The lowest BCUT2D eigenvalue weighted by molar-refractivity contribution is -0.123. The van der Waals surface area contributed by atoms with Gasteiger partial charge in [-0.05, 0) is 60.3 Å². The Morgan fingerprint density at radius 3 is 2.41 bits per heavy atom. The first-order valence-corrected chi connectivity index (χ1v) is 10.9. The van der Waals surface area contributed by atoms with Crippen molar-refractivity contribution >= 4 is 62.8 Å². The van der Waals surface area contributed by atoms with E-state index in [0.717, 1.165) is 10.8 Å². The normalized spacial score (nSPS) is 13.7. The smallest absolute Gasteiger partial charge is 0.263 e. The van der Waals surface area contributed by atoms with Crippen LogP contribution in [0.15, 0.2) is 66.2 Å². The Balaban J connectivity index is 1.76. The summed E-state index contributed by atoms with van der Waals surface area (Å²) in [5.41, 5.74) is 2.23. The predicted molar refractivity (Wildman–Crippen MR) is 134 cm³/mol. The zero-order valence-corrected chi connectivity index (χ0v) is 19.2. The highest BCUT2D eigenvalue weighted by molar-refractivity contribution is 7.80. The molecule has 34 heavy (non-hydrogen) atoms. The van der Waals surface area contributed by atoms with Gasteiger partial charge in [-0.15, -0.1) is 0 Å². The highest BCUT2D eigenvalue weighted by atomic mass is 32.1. The van der Waals surface area contributed by atoms with E-state index in [4.69, 9.17) is 17.0 Å². The van der Waals surface area contributed by atoms with Crippen LogP contribution in [0.3, 0.4) is 0 Å². The van der Waals surface area contributed by atoms with Crippen LogP contribution in [-0.2, 0) is 9.59 Å². The van der Waals surface area contributed by atoms with Crippen molar-refractivity contribution in [3.63, 3.8) is 0 Å². The number of benzene rings is 3. The molecular formula is C26H19N3O4S. The third-order valence-corrected chi connectivity index (χ3v) is 6.12. The maximum absolute atomic E-state index is 13.9. The van der Waals surface area contributed by atoms with Gasteiger partial charge in [0.05, 0.1) is 12.6 Å². The van der Waals surface area contributed by atoms with Gasteiger partial charge in [0.2, 0.25) is 0 Å². The van der Waals surface area contributed by atoms with Crippen molar-refractivity contribution in [3.8, 4) is 5.75 Å². The number of methoxy groups -OCH3 is 1. The Kier molecular flexibility index (Phi) is 5.22. The molecule has 4 aromatic rings. The van der Waals surface area contributed by atoms with Gasteiger partial charge in [0, 0.05) is 22.2 Å². The average Bonchev–Trinajstić information content (AvgIpc) is 3.10. The second-order valence-corrected chi connectivity index (χ2v) is 8.25. The van der Waals surface area contributed by atoms with E-state index in [9.17, 15) is 14.4 Å². The molecule has 2 heterocycles. The molecule has 0 atom stereocenters. The lowest BCUT2D eigenvalue weighted by Gasteiger charge is -2.16. The van der Waals surface area contributed by atoms with E-state index in [-0.39, 0.29) is 16.6 Å². The number of hydrogen-bond donors (Lipinski definition) is 2. The minimum absolute atomic E-state index is 0.0425. The third kappa shape index (κ3) is 3.45. The maximum atomic E-state index is 13.9. The molecule has 0 radical (unpaired) electrons. The topological polar surface area (TPSA) is 89.4 Å². The van der Waals surface area contributed by atoms with Gasteiger partial charge >= 0.3 is 0 Å². The molecule has 0 spiro atoms. The van der Waals surface area contributed by atoms with Gasteiger partial charge in [0.1, 0.15) is 11.3 Å². The Bertz CT molecular complexity index is 1550. The van der Waals surface area contributed by atoms with Gasteiger partial charge < -0.3 is 4.74 Å². The van der Waals surface area contributed by atoms with Crippen LogP contribution in [0.2, 0.25) is 0 Å². The molecule has 0 aliphatic carbocycles. The molecule has 0 saturated carbocycles. The molecule has 1 aliphatic heterocycles. The summed E-state index contributed by atoms with van der Waals surface area (Å²) >= 11 is 4.89. The Hall–Kier alpha value is -4.30. The van der Waals surface area contributed by atoms with E-state index < -0.39 is 11.8 Å². The summed E-state index contributed by atoms with van der Waals surface area (Å²) in [4.78, 5) is 38.8. The van der Waals surface area contributed by atoms with Crippen molar-refractivity contribution in [1.82, 2.24) is 15.2 Å². The van der Waals surface area contributed by atoms with Gasteiger partial charge in [-0.25, -0.2) is 0 Å². The van der Waals surface area contributed by atoms with E-state index in [1.54, 1.807) is 42.9 Å². The zero-order chi connectivity index (χ0) is 24.0. The van der Waals surface area contributed by atoms with Crippen LogP contribution >= 0.6 is 12.2 Å². The number of nitrogens with zero attached hydrogens (tertiary/aromatic N) is 1. The summed E-state index contributed by atoms with van der Waals surface area (Å²) in [6, 6.07) is 18.6. The van der Waals surface area contributed by atoms with Gasteiger partial charge in [0.25, 0.3) is 17.7 Å². The Morgan fingerprint density at radius 1 is 0.971 bits per heavy atom. The fourth-order valence-electron chi connectivity index (χ4n) is 4.28. The van der Waals surface area contributed by atoms with E-state index >= 15 is 0 Å². The van der Waals surface area contributed by atoms with Crippen molar-refractivity contribution < 1.29 is 19.1 Å². The summed E-state index contributed by atoms with van der Waals surface area (Å²) in [7, 11) is 1.55. The molecule has 1 saturated heterocycles. The zero-order valence-electron chi connectivity index (χ0n) is 18.3. The number of ether oxygens (including phenoxy) is 1. The summed E-state index contributed by atoms with van der Waals surface area (Å²) in [6.07, 6.45) is 1.48. The van der Waals surface area contributed by atoms with Crippen molar-refractivity contribution in [2.24, 2.45) is 0 Å². The molecule has 1 aromatic heterocycles. The lowest BCUT2D eigenvalue weighted by atomic mass is 10.0. The summed E-state index contributed by atoms with van der Waals surface area (Å²) < 4.78 is 6.99. The number of carbonyl (C=O) groups excluding carboxylic acids is 3. The first-order valence-electron chi connectivity index (χ1n) is 10.5. The van der Waals surface area contributed by atoms with Crippen LogP contribution in [-0.4, -0.2) is 34.5 Å². The number of aromatic nitrogens is 1. The maximum Gasteiger partial charge on any atom is 0.263 e. The largest absolute Gasteiger partial charge is 0.497 e. The summed E-state index contributed by atoms with van der Waals surface area (Å²) in [5.74, 6) is -0.830. The van der Waals surface area contributed by atoms with Gasteiger partial charge in [-0.1, -0.05) is 36.4 Å². The molecule has 1 aliphatic rings. The fraction of sp³-hybridized carbons (Fsp3) is 0.0769. The number of carbonyl (C=O) groups is 3. The van der Waals surface area contributed by atoms with Crippen molar-refractivity contribution in [1.29, 1.82) is 0 Å². The number of rotatable bonds is 3. The molecule has 168 valence electrons. The van der Waals surface area contributed by atoms with Gasteiger partial charge in [0.15, 0.2) is 5.11 Å². The van der Waals surface area contributed by atoms with E-state index in [1.165, 1.54) is 6.08 Å². The summed E-state index contributed by atoms with van der Waals surface area (Å²) in [6.45, 7) is 1.78. The second kappa shape index (κ2) is 8.24. The van der Waals surface area contributed by atoms with E-state index in [2.05, 4.69) is 10.6 Å². The van der Waals surface area contributed by atoms with Crippen LogP contribution in [0.25, 0.3) is 27.8 Å². The highest BCUT2D eigenvalue weighted by Gasteiger charge is 2.28. The molecule has 0 unspecified atom stereocenters. The lowest BCUT2D eigenvalue weighted by Crippen LogP contribution is -2.51. The molecular weight excluding hydrogens is 450 g/mol. The molecule has 5 rings (SSSR count). The predicted octanol–water partition coefficient (Wildman–Crippen LogP) is 3.71.